The highest BCUT2D eigenvalue weighted by Gasteiger charge is 2.35. The van der Waals surface area contributed by atoms with Crippen LogP contribution in [0, 0.1) is 19.7 Å². The molecular formula is C23H35FIN5O. The van der Waals surface area contributed by atoms with Crippen molar-refractivity contribution in [1.82, 2.24) is 20.4 Å². The normalized spacial score (nSPS) is 17.0. The zero-order chi connectivity index (χ0) is 21.7. The van der Waals surface area contributed by atoms with Gasteiger partial charge in [0.25, 0.3) is 0 Å². The molecular weight excluding hydrogens is 508 g/mol. The van der Waals surface area contributed by atoms with Gasteiger partial charge in [0.2, 0.25) is 0 Å². The molecule has 0 aliphatic carbocycles. The monoisotopic (exact) mass is 543 g/mol. The summed E-state index contributed by atoms with van der Waals surface area (Å²) in [6, 6.07) is 7.14. The minimum atomic E-state index is -0.197. The summed E-state index contributed by atoms with van der Waals surface area (Å²) in [5, 5.41) is 11.5. The summed E-state index contributed by atoms with van der Waals surface area (Å²) in [5.74, 6) is 0.556. The van der Waals surface area contributed by atoms with Crippen LogP contribution in [-0.2, 0) is 23.6 Å². The van der Waals surface area contributed by atoms with Crippen molar-refractivity contribution in [2.24, 2.45) is 12.0 Å². The first-order valence-corrected chi connectivity index (χ1v) is 10.6. The number of halogens is 2. The van der Waals surface area contributed by atoms with E-state index in [1.165, 1.54) is 17.3 Å². The number of guanidine groups is 1. The second kappa shape index (κ2) is 11.3. The average molecular weight is 543 g/mol. The first-order valence-electron chi connectivity index (χ1n) is 10.6. The van der Waals surface area contributed by atoms with Crippen LogP contribution >= 0.6 is 24.0 Å². The lowest BCUT2D eigenvalue weighted by Gasteiger charge is -2.38. The van der Waals surface area contributed by atoms with E-state index in [4.69, 9.17) is 4.74 Å². The smallest absolute Gasteiger partial charge is 0.191 e. The van der Waals surface area contributed by atoms with E-state index in [0.29, 0.717) is 19.8 Å². The number of benzene rings is 1. The van der Waals surface area contributed by atoms with E-state index in [9.17, 15) is 4.39 Å². The molecule has 1 atom stereocenters. The van der Waals surface area contributed by atoms with Gasteiger partial charge in [-0.25, -0.2) is 4.39 Å². The van der Waals surface area contributed by atoms with Crippen molar-refractivity contribution in [3.8, 4) is 0 Å². The van der Waals surface area contributed by atoms with Crippen LogP contribution in [0.3, 0.4) is 0 Å². The molecule has 0 radical (unpaired) electrons. The fourth-order valence-electron chi connectivity index (χ4n) is 4.30. The lowest BCUT2D eigenvalue weighted by atomic mass is 9.74. The van der Waals surface area contributed by atoms with Crippen LogP contribution in [0.1, 0.15) is 42.3 Å². The molecule has 172 valence electrons. The van der Waals surface area contributed by atoms with Gasteiger partial charge in [0.15, 0.2) is 5.96 Å². The molecule has 3 rings (SSSR count). The molecule has 0 amide bonds. The molecule has 1 unspecified atom stereocenters. The van der Waals surface area contributed by atoms with E-state index in [-0.39, 0.29) is 41.3 Å². The van der Waals surface area contributed by atoms with Gasteiger partial charge in [0.1, 0.15) is 5.82 Å². The Labute approximate surface area is 202 Å². The second-order valence-electron chi connectivity index (χ2n) is 8.35. The Morgan fingerprint density at radius 1 is 1.32 bits per heavy atom. The van der Waals surface area contributed by atoms with E-state index >= 15 is 0 Å². The third-order valence-electron chi connectivity index (χ3n) is 6.26. The number of aliphatic imine (C=N–C) groups is 1. The zero-order valence-electron chi connectivity index (χ0n) is 19.2. The molecule has 0 spiro atoms. The third kappa shape index (κ3) is 6.19. The van der Waals surface area contributed by atoms with Crippen LogP contribution in [0.15, 0.2) is 29.3 Å². The van der Waals surface area contributed by atoms with Crippen LogP contribution in [0.25, 0.3) is 0 Å². The van der Waals surface area contributed by atoms with Crippen molar-refractivity contribution in [3.63, 3.8) is 0 Å². The molecule has 0 saturated carbocycles. The standard InChI is InChI=1S/C23H34FN5O.HI/c1-16(13-21-17(2)28-29(5)18(21)3)27-22(25-4)26-15-23(9-11-30-12-10-23)19-7-6-8-20(24)14-19;/h6-8,14,16H,9-13,15H2,1-5H3,(H2,25,26,27);1H. The van der Waals surface area contributed by atoms with Gasteiger partial charge in [-0.3, -0.25) is 9.67 Å². The van der Waals surface area contributed by atoms with Crippen molar-refractivity contribution in [2.45, 2.75) is 51.5 Å². The number of nitrogens with one attached hydrogen (secondary N) is 2. The Balaban J connectivity index is 0.00000341. The van der Waals surface area contributed by atoms with Crippen molar-refractivity contribution in [1.29, 1.82) is 0 Å². The topological polar surface area (TPSA) is 63.5 Å². The quantitative estimate of drug-likeness (QED) is 0.332. The maximum absolute atomic E-state index is 13.9. The summed E-state index contributed by atoms with van der Waals surface area (Å²) in [7, 11) is 3.76. The minimum absolute atomic E-state index is 0. The highest BCUT2D eigenvalue weighted by molar-refractivity contribution is 14.0. The van der Waals surface area contributed by atoms with Crippen LogP contribution < -0.4 is 10.6 Å². The molecule has 2 N–H and O–H groups in total. The van der Waals surface area contributed by atoms with E-state index < -0.39 is 0 Å². The fourth-order valence-corrected chi connectivity index (χ4v) is 4.30. The summed E-state index contributed by atoms with van der Waals surface area (Å²) in [4.78, 5) is 4.41. The molecule has 1 aliphatic rings. The largest absolute Gasteiger partial charge is 0.381 e. The maximum atomic E-state index is 13.9. The maximum Gasteiger partial charge on any atom is 0.191 e. The third-order valence-corrected chi connectivity index (χ3v) is 6.26. The van der Waals surface area contributed by atoms with E-state index in [1.807, 2.05) is 17.8 Å². The van der Waals surface area contributed by atoms with E-state index in [2.05, 4.69) is 41.5 Å². The predicted octanol–water partition coefficient (Wildman–Crippen LogP) is 3.64. The Hall–Kier alpha value is -1.68. The van der Waals surface area contributed by atoms with Gasteiger partial charge >= 0.3 is 0 Å². The summed E-state index contributed by atoms with van der Waals surface area (Å²) in [5.41, 5.74) is 4.38. The molecule has 1 saturated heterocycles. The second-order valence-corrected chi connectivity index (χ2v) is 8.35. The molecule has 6 nitrogen and oxygen atoms in total. The van der Waals surface area contributed by atoms with Crippen molar-refractivity contribution >= 4 is 29.9 Å². The first-order chi connectivity index (χ1) is 14.3. The van der Waals surface area contributed by atoms with Crippen LogP contribution in [0.4, 0.5) is 4.39 Å². The van der Waals surface area contributed by atoms with Gasteiger partial charge < -0.3 is 15.4 Å². The lowest BCUT2D eigenvalue weighted by molar-refractivity contribution is 0.0512. The fraction of sp³-hybridized carbons (Fsp3) is 0.565. The number of ether oxygens (including phenoxy) is 1. The number of hydrogen-bond acceptors (Lipinski definition) is 3. The average Bonchev–Trinajstić information content (AvgIpc) is 2.97. The number of hydrogen-bond donors (Lipinski definition) is 2. The number of nitrogens with zero attached hydrogens (tertiary/aromatic N) is 3. The van der Waals surface area contributed by atoms with E-state index in [0.717, 1.165) is 36.5 Å². The number of aryl methyl sites for hydroxylation is 2. The summed E-state index contributed by atoms with van der Waals surface area (Å²) in [6.45, 7) is 8.34. The molecule has 0 bridgehead atoms. The van der Waals surface area contributed by atoms with Gasteiger partial charge in [0.05, 0.1) is 5.69 Å². The molecule has 2 aromatic rings. The molecule has 2 heterocycles. The Bertz CT molecular complexity index is 892. The molecule has 1 aliphatic heterocycles. The Morgan fingerprint density at radius 3 is 2.61 bits per heavy atom. The summed E-state index contributed by atoms with van der Waals surface area (Å²) < 4.78 is 21.4. The van der Waals surface area contributed by atoms with Gasteiger partial charge in [0, 0.05) is 51.0 Å². The Kier molecular flexibility index (Phi) is 9.29. The highest BCUT2D eigenvalue weighted by Crippen LogP contribution is 2.34. The van der Waals surface area contributed by atoms with Crippen molar-refractivity contribution in [2.75, 3.05) is 26.8 Å². The van der Waals surface area contributed by atoms with Gasteiger partial charge in [-0.2, -0.15) is 5.10 Å². The van der Waals surface area contributed by atoms with E-state index in [1.54, 1.807) is 19.2 Å². The first kappa shape index (κ1) is 25.6. The molecule has 8 heteroatoms. The van der Waals surface area contributed by atoms with Gasteiger partial charge in [-0.15, -0.1) is 24.0 Å². The molecule has 1 aromatic carbocycles. The zero-order valence-corrected chi connectivity index (χ0v) is 21.5. The van der Waals surface area contributed by atoms with Crippen LogP contribution in [0.5, 0.6) is 0 Å². The number of aromatic nitrogens is 2. The van der Waals surface area contributed by atoms with Crippen LogP contribution in [0.2, 0.25) is 0 Å². The molecule has 1 fully saturated rings. The molecule has 31 heavy (non-hydrogen) atoms. The van der Waals surface area contributed by atoms with Crippen molar-refractivity contribution < 1.29 is 9.13 Å². The van der Waals surface area contributed by atoms with Crippen LogP contribution in [-0.4, -0.2) is 48.6 Å². The van der Waals surface area contributed by atoms with Crippen molar-refractivity contribution in [3.05, 3.63) is 52.6 Å². The van der Waals surface area contributed by atoms with Gasteiger partial charge in [-0.05, 0) is 63.3 Å². The Morgan fingerprint density at radius 2 is 2.03 bits per heavy atom. The minimum Gasteiger partial charge on any atom is -0.381 e. The molecule has 1 aromatic heterocycles. The number of rotatable bonds is 6. The summed E-state index contributed by atoms with van der Waals surface area (Å²) >= 11 is 0. The van der Waals surface area contributed by atoms with Gasteiger partial charge in [-0.1, -0.05) is 12.1 Å². The lowest BCUT2D eigenvalue weighted by Crippen LogP contribution is -2.50. The summed E-state index contributed by atoms with van der Waals surface area (Å²) in [6.07, 6.45) is 2.57. The SMILES string of the molecule is CN=C(NCC1(c2cccc(F)c2)CCOCC1)NC(C)Cc1c(C)nn(C)c1C.I. The predicted molar refractivity (Wildman–Crippen MR) is 134 cm³/mol. The highest BCUT2D eigenvalue weighted by atomic mass is 127.